The number of aromatic nitrogens is 3. The van der Waals surface area contributed by atoms with E-state index in [9.17, 15) is 0 Å². The lowest BCUT2D eigenvalue weighted by molar-refractivity contribution is -0.109. The van der Waals surface area contributed by atoms with Gasteiger partial charge in [-0.15, -0.1) is 0 Å². The Labute approximate surface area is 110 Å². The summed E-state index contributed by atoms with van der Waals surface area (Å²) in [6.45, 7) is 0.884. The van der Waals surface area contributed by atoms with Gasteiger partial charge in [0.1, 0.15) is 18.8 Å². The number of carbonyl (C=O) groups excluding carboxylic acids is 1. The van der Waals surface area contributed by atoms with Crippen LogP contribution in [0.3, 0.4) is 0 Å². The molecule has 0 fully saturated rings. The first-order chi connectivity index (χ1) is 8.62. The van der Waals surface area contributed by atoms with Crippen LogP contribution in [-0.2, 0) is 20.9 Å². The Bertz CT molecular complexity index is 295. The molecule has 1 aromatic rings. The number of nitrogens with two attached hydrogens (primary N) is 2. The van der Waals surface area contributed by atoms with Crippen molar-refractivity contribution in [1.82, 2.24) is 20.6 Å². The molecule has 0 unspecified atom stereocenters. The first-order valence-electron chi connectivity index (χ1n) is 4.62. The van der Waals surface area contributed by atoms with Gasteiger partial charge >= 0.3 is 0 Å². The van der Waals surface area contributed by atoms with Gasteiger partial charge in [0.25, 0.3) is 0 Å². The van der Waals surface area contributed by atoms with Crippen LogP contribution in [0.4, 0.5) is 0 Å². The molecule has 0 saturated heterocycles. The van der Waals surface area contributed by atoms with E-state index in [1.807, 2.05) is 0 Å². The van der Waals surface area contributed by atoms with E-state index in [1.54, 1.807) is 19.6 Å². The van der Waals surface area contributed by atoms with Crippen LogP contribution in [0, 0.1) is 0 Å². The van der Waals surface area contributed by atoms with Crippen molar-refractivity contribution in [2.24, 2.45) is 11.6 Å². The first kappa shape index (κ1) is 18.7. The number of hydrogen-bond acceptors (Lipinski definition) is 7. The fourth-order valence-corrected chi connectivity index (χ4v) is 0.697. The van der Waals surface area contributed by atoms with Gasteiger partial charge in [-0.2, -0.15) is 5.10 Å². The van der Waals surface area contributed by atoms with E-state index in [4.69, 9.17) is 15.3 Å². The number of hydrazine groups is 1. The zero-order valence-electron chi connectivity index (χ0n) is 10.3. The standard InChI is InChI=1S/C4H7N3O.C3H7NOS.CH4N2O/c1-8-2-4-5-3-6-7-4;1-5-2-3(4)6;2-3-1-4/h3H,2H2,1H3,(H,5,6,7);2H2,1H3,(H2,4,6);1H,2H2,(H,3,4). The van der Waals surface area contributed by atoms with Crippen LogP contribution >= 0.6 is 12.2 Å². The van der Waals surface area contributed by atoms with Crippen molar-refractivity contribution in [3.05, 3.63) is 12.2 Å². The molecular formula is C8H18N6O3S. The van der Waals surface area contributed by atoms with Crippen molar-refractivity contribution < 1.29 is 14.3 Å². The molecule has 0 bridgehead atoms. The lowest BCUT2D eigenvalue weighted by Gasteiger charge is -1.88. The molecule has 0 saturated carbocycles. The zero-order valence-corrected chi connectivity index (χ0v) is 11.1. The molecule has 0 aliphatic carbocycles. The summed E-state index contributed by atoms with van der Waals surface area (Å²) in [4.78, 5) is 13.2. The van der Waals surface area contributed by atoms with E-state index in [-0.39, 0.29) is 0 Å². The highest BCUT2D eigenvalue weighted by Crippen LogP contribution is 1.84. The van der Waals surface area contributed by atoms with Gasteiger partial charge in [0, 0.05) is 14.2 Å². The molecular weight excluding hydrogens is 260 g/mol. The molecule has 0 aliphatic heterocycles. The molecule has 104 valence electrons. The number of thiocarbonyl (C=S) groups is 1. The van der Waals surface area contributed by atoms with Crippen LogP contribution in [-0.4, -0.2) is 47.4 Å². The van der Waals surface area contributed by atoms with Gasteiger partial charge in [-0.1, -0.05) is 12.2 Å². The number of methoxy groups -OCH3 is 2. The van der Waals surface area contributed by atoms with Crippen LogP contribution in [0.2, 0.25) is 0 Å². The van der Waals surface area contributed by atoms with Gasteiger partial charge in [0.05, 0.1) is 11.6 Å². The molecule has 6 N–H and O–H groups in total. The molecule has 0 aromatic carbocycles. The molecule has 0 spiro atoms. The van der Waals surface area contributed by atoms with Crippen molar-refractivity contribution in [3.8, 4) is 0 Å². The maximum absolute atomic E-state index is 8.94. The van der Waals surface area contributed by atoms with Crippen LogP contribution in [0.1, 0.15) is 5.82 Å². The molecule has 1 aromatic heterocycles. The average Bonchev–Trinajstić information content (AvgIpc) is 2.83. The molecule has 1 rings (SSSR count). The summed E-state index contributed by atoms with van der Waals surface area (Å²) in [6, 6.07) is 0. The van der Waals surface area contributed by atoms with E-state index in [0.717, 1.165) is 5.82 Å². The SMILES string of the molecule is COCC(N)=S.COCc1ncn[nH]1.NNC=O. The van der Waals surface area contributed by atoms with Gasteiger partial charge in [0.15, 0.2) is 0 Å². The summed E-state index contributed by atoms with van der Waals surface area (Å²) in [5.74, 6) is 5.17. The number of carbonyl (C=O) groups is 1. The molecule has 1 heterocycles. The van der Waals surface area contributed by atoms with Crippen molar-refractivity contribution in [1.29, 1.82) is 0 Å². The van der Waals surface area contributed by atoms with E-state index in [2.05, 4.69) is 38.0 Å². The third-order valence-corrected chi connectivity index (χ3v) is 1.22. The third-order valence-electron chi connectivity index (χ3n) is 1.10. The molecule has 0 aliphatic rings. The number of nitrogens with zero attached hydrogens (tertiary/aromatic N) is 2. The van der Waals surface area contributed by atoms with Crippen molar-refractivity contribution >= 4 is 23.6 Å². The summed E-state index contributed by atoms with van der Waals surface area (Å²) >= 11 is 4.45. The lowest BCUT2D eigenvalue weighted by atomic mass is 10.7. The summed E-state index contributed by atoms with van der Waals surface area (Å²) in [7, 11) is 3.17. The van der Waals surface area contributed by atoms with Crippen molar-refractivity contribution in [3.63, 3.8) is 0 Å². The summed E-state index contributed by atoms with van der Waals surface area (Å²) in [6.07, 6.45) is 1.86. The largest absolute Gasteiger partial charge is 0.391 e. The second kappa shape index (κ2) is 15.4. The molecule has 18 heavy (non-hydrogen) atoms. The quantitative estimate of drug-likeness (QED) is 0.167. The topological polar surface area (TPSA) is 141 Å². The van der Waals surface area contributed by atoms with E-state index >= 15 is 0 Å². The maximum Gasteiger partial charge on any atom is 0.221 e. The summed E-state index contributed by atoms with van der Waals surface area (Å²) in [5.41, 5.74) is 6.76. The van der Waals surface area contributed by atoms with Gasteiger partial charge < -0.3 is 15.2 Å². The lowest BCUT2D eigenvalue weighted by Crippen LogP contribution is -2.18. The van der Waals surface area contributed by atoms with E-state index < -0.39 is 0 Å². The minimum atomic E-state index is 0.384. The summed E-state index contributed by atoms with van der Waals surface area (Å²) < 4.78 is 9.29. The smallest absolute Gasteiger partial charge is 0.221 e. The van der Waals surface area contributed by atoms with Crippen LogP contribution in [0.15, 0.2) is 6.33 Å². The number of rotatable bonds is 5. The Morgan fingerprint density at radius 1 is 1.61 bits per heavy atom. The first-order valence-corrected chi connectivity index (χ1v) is 5.03. The minimum absolute atomic E-state index is 0.384. The Morgan fingerprint density at radius 3 is 2.44 bits per heavy atom. The Hall–Kier alpha value is -1.62. The minimum Gasteiger partial charge on any atom is -0.391 e. The Balaban J connectivity index is 0. The second-order valence-electron chi connectivity index (χ2n) is 2.55. The monoisotopic (exact) mass is 278 g/mol. The van der Waals surface area contributed by atoms with E-state index in [1.165, 1.54) is 6.33 Å². The predicted octanol–water partition coefficient (Wildman–Crippen LogP) is -1.52. The normalized spacial score (nSPS) is 8.17. The number of amides is 1. The van der Waals surface area contributed by atoms with Crippen molar-refractivity contribution in [2.75, 3.05) is 20.8 Å². The summed E-state index contributed by atoms with van der Waals surface area (Å²) in [5, 5.41) is 6.28. The molecule has 9 nitrogen and oxygen atoms in total. The highest BCUT2D eigenvalue weighted by atomic mass is 32.1. The molecule has 1 amide bonds. The third kappa shape index (κ3) is 16.8. The Kier molecular flexibility index (Phi) is 16.0. The van der Waals surface area contributed by atoms with Crippen LogP contribution in [0.5, 0.6) is 0 Å². The molecule has 10 heteroatoms. The van der Waals surface area contributed by atoms with Gasteiger partial charge in [-0.3, -0.25) is 15.3 Å². The highest BCUT2D eigenvalue weighted by molar-refractivity contribution is 7.80. The van der Waals surface area contributed by atoms with Crippen LogP contribution in [0.25, 0.3) is 0 Å². The number of H-pyrrole nitrogens is 1. The number of nitrogens with one attached hydrogen (secondary N) is 2. The number of hydrogen-bond donors (Lipinski definition) is 4. The van der Waals surface area contributed by atoms with Gasteiger partial charge in [-0.25, -0.2) is 10.8 Å². The number of ether oxygens (including phenoxy) is 2. The average molecular weight is 278 g/mol. The van der Waals surface area contributed by atoms with Crippen molar-refractivity contribution in [2.45, 2.75) is 6.61 Å². The Morgan fingerprint density at radius 2 is 2.22 bits per heavy atom. The second-order valence-corrected chi connectivity index (χ2v) is 3.07. The molecule has 0 atom stereocenters. The van der Waals surface area contributed by atoms with E-state index in [0.29, 0.717) is 24.6 Å². The zero-order chi connectivity index (χ0) is 14.2. The fraction of sp³-hybridized carbons (Fsp3) is 0.500. The van der Waals surface area contributed by atoms with Gasteiger partial charge in [-0.05, 0) is 0 Å². The fourth-order valence-electron chi connectivity index (χ4n) is 0.579. The highest BCUT2D eigenvalue weighted by Gasteiger charge is 1.88. The van der Waals surface area contributed by atoms with Crippen LogP contribution < -0.4 is 17.0 Å². The molecule has 0 radical (unpaired) electrons. The number of aromatic amines is 1. The van der Waals surface area contributed by atoms with Gasteiger partial charge in [0.2, 0.25) is 6.41 Å². The predicted molar refractivity (Wildman–Crippen MR) is 69.1 cm³/mol. The maximum atomic E-state index is 8.94.